The standard InChI is InChI=1S/C28H34N6OS.Y/c1-6-10-22(15-26(35)32-36-27-18-33(4)20(3)30-27)31-24-13-8-7-12-23(24)29-16-21-17-34(5)25-14-9-11-19(2)28(21)25;/h7-9,11-14,17-18,22H,6,10,15-16H2,1-5H3,(H,32,35);/q-2;. The molecule has 1 radical (unpaired) electrons. The van der Waals surface area contributed by atoms with Gasteiger partial charge in [0, 0.05) is 88.5 Å². The van der Waals surface area contributed by atoms with Crippen LogP contribution in [0.1, 0.15) is 43.1 Å². The van der Waals surface area contributed by atoms with Crippen molar-refractivity contribution in [3.63, 3.8) is 0 Å². The summed E-state index contributed by atoms with van der Waals surface area (Å²) in [6, 6.07) is 14.2. The Bertz CT molecular complexity index is 1330. The van der Waals surface area contributed by atoms with Crippen LogP contribution in [-0.4, -0.2) is 26.1 Å². The molecule has 0 saturated heterocycles. The Hall–Kier alpha value is -2.29. The summed E-state index contributed by atoms with van der Waals surface area (Å²) in [5.74, 6) is 0.857. The summed E-state index contributed by atoms with van der Waals surface area (Å²) in [5.41, 5.74) is 5.35. The van der Waals surface area contributed by atoms with Gasteiger partial charge in [-0.2, -0.15) is 11.4 Å². The number of hydrogen-bond acceptors (Lipinski definition) is 3. The quantitative estimate of drug-likeness (QED) is 0.189. The third-order valence-corrected chi connectivity index (χ3v) is 7.06. The number of carbonyl (C=O) groups excluding carboxylic acids is 1. The van der Waals surface area contributed by atoms with E-state index in [1.54, 1.807) is 0 Å². The van der Waals surface area contributed by atoms with Gasteiger partial charge in [0.2, 0.25) is 5.91 Å². The first kappa shape index (κ1) is 29.3. The monoisotopic (exact) mass is 591 g/mol. The first-order chi connectivity index (χ1) is 17.4. The van der Waals surface area contributed by atoms with Gasteiger partial charge >= 0.3 is 0 Å². The molecule has 193 valence electrons. The van der Waals surface area contributed by atoms with Gasteiger partial charge in [-0.1, -0.05) is 56.2 Å². The Balaban J connectivity index is 0.00000380. The maximum absolute atomic E-state index is 12.7. The molecule has 1 amide bonds. The van der Waals surface area contributed by atoms with E-state index in [9.17, 15) is 4.79 Å². The van der Waals surface area contributed by atoms with Crippen molar-refractivity contribution in [3.8, 4) is 0 Å². The number of fused-ring (bicyclic) bond motifs is 1. The minimum absolute atomic E-state index is 0. The first-order valence-electron chi connectivity index (χ1n) is 12.3. The summed E-state index contributed by atoms with van der Waals surface area (Å²) in [6.45, 7) is 6.77. The number of imidazole rings is 1. The van der Waals surface area contributed by atoms with E-state index in [1.165, 1.54) is 34.0 Å². The van der Waals surface area contributed by atoms with Crippen molar-refractivity contribution in [2.75, 3.05) is 0 Å². The van der Waals surface area contributed by atoms with Crippen molar-refractivity contribution in [2.45, 2.75) is 57.6 Å². The van der Waals surface area contributed by atoms with Gasteiger partial charge in [-0.15, -0.1) is 12.6 Å². The molecule has 0 aliphatic carbocycles. The van der Waals surface area contributed by atoms with E-state index in [-0.39, 0.29) is 44.7 Å². The maximum Gasteiger partial charge on any atom is 0.228 e. The van der Waals surface area contributed by atoms with E-state index in [1.807, 2.05) is 49.0 Å². The zero-order valence-electron chi connectivity index (χ0n) is 22.2. The summed E-state index contributed by atoms with van der Waals surface area (Å²) < 4.78 is 7.01. The SMILES string of the molecule is CCCC(CC(=O)NSc1cn(C)c(C)n1)[N-]c1ccccc1[N-]Cc1cn(C)c2cccc(C)c12.[Y]. The van der Waals surface area contributed by atoms with Crippen molar-refractivity contribution in [1.82, 2.24) is 18.8 Å². The number of nitrogens with zero attached hydrogens (tertiary/aromatic N) is 5. The third kappa shape index (κ3) is 7.40. The van der Waals surface area contributed by atoms with Gasteiger partial charge in [-0.05, 0) is 31.0 Å². The number of aryl methyl sites for hydroxylation is 4. The van der Waals surface area contributed by atoms with E-state index in [0.717, 1.165) is 35.1 Å². The molecule has 1 unspecified atom stereocenters. The average molecular weight is 592 g/mol. The number of hydrogen-bond donors (Lipinski definition) is 1. The molecule has 2 aromatic heterocycles. The molecule has 1 N–H and O–H groups in total. The predicted octanol–water partition coefficient (Wildman–Crippen LogP) is 7.12. The predicted molar refractivity (Wildman–Crippen MR) is 149 cm³/mol. The summed E-state index contributed by atoms with van der Waals surface area (Å²) >= 11 is 1.25. The normalized spacial score (nSPS) is 11.7. The molecule has 2 heterocycles. The topological polar surface area (TPSA) is 80.1 Å². The van der Waals surface area contributed by atoms with Crippen molar-refractivity contribution in [1.29, 1.82) is 0 Å². The Morgan fingerprint density at radius 2 is 1.81 bits per heavy atom. The van der Waals surface area contributed by atoms with E-state index < -0.39 is 0 Å². The van der Waals surface area contributed by atoms with E-state index in [2.05, 4.69) is 59.6 Å². The van der Waals surface area contributed by atoms with Gasteiger partial charge in [0.1, 0.15) is 10.9 Å². The molecule has 4 aromatic rings. The van der Waals surface area contributed by atoms with Crippen molar-refractivity contribution < 1.29 is 37.5 Å². The number of rotatable bonds is 11. The molecular weight excluding hydrogens is 557 g/mol. The van der Waals surface area contributed by atoms with Crippen LogP contribution >= 0.6 is 11.9 Å². The van der Waals surface area contributed by atoms with Crippen LogP contribution in [0.4, 0.5) is 11.4 Å². The second-order valence-corrected chi connectivity index (χ2v) is 10.0. The Kier molecular flexibility index (Phi) is 10.7. The summed E-state index contributed by atoms with van der Waals surface area (Å²) in [6.07, 6.45) is 6.17. The third-order valence-electron chi connectivity index (χ3n) is 6.32. The molecule has 37 heavy (non-hydrogen) atoms. The Morgan fingerprint density at radius 3 is 2.51 bits per heavy atom. The number of para-hydroxylation sites is 2. The number of carbonyl (C=O) groups is 1. The number of amides is 1. The number of benzene rings is 2. The van der Waals surface area contributed by atoms with Crippen LogP contribution in [0.3, 0.4) is 0 Å². The van der Waals surface area contributed by atoms with Crippen LogP contribution in [-0.2, 0) is 58.1 Å². The zero-order chi connectivity index (χ0) is 25.7. The molecule has 4 rings (SSSR count). The second kappa shape index (κ2) is 13.5. The summed E-state index contributed by atoms with van der Waals surface area (Å²) in [5, 5.41) is 11.9. The smallest absolute Gasteiger partial charge is 0.228 e. The van der Waals surface area contributed by atoms with Crippen LogP contribution in [0.25, 0.3) is 21.5 Å². The van der Waals surface area contributed by atoms with Crippen molar-refractivity contribution >= 4 is 40.1 Å². The molecular formula is C28H34N6OSY-2. The first-order valence-corrected chi connectivity index (χ1v) is 13.1. The Morgan fingerprint density at radius 1 is 1.05 bits per heavy atom. The summed E-state index contributed by atoms with van der Waals surface area (Å²) in [4.78, 5) is 17.1. The maximum atomic E-state index is 12.7. The van der Waals surface area contributed by atoms with E-state index in [4.69, 9.17) is 10.6 Å². The minimum atomic E-state index is -0.114. The molecule has 2 aromatic carbocycles. The van der Waals surface area contributed by atoms with Crippen LogP contribution in [0.2, 0.25) is 0 Å². The van der Waals surface area contributed by atoms with Crippen molar-refractivity contribution in [2.24, 2.45) is 14.1 Å². The molecule has 0 fully saturated rings. The Labute approximate surface area is 249 Å². The molecule has 0 saturated carbocycles. The fourth-order valence-electron chi connectivity index (χ4n) is 4.41. The van der Waals surface area contributed by atoms with Gasteiger partial charge in [0.05, 0.1) is 0 Å². The molecule has 0 aliphatic heterocycles. The second-order valence-electron chi connectivity index (χ2n) is 9.18. The molecule has 0 aliphatic rings. The number of nitrogens with one attached hydrogen (secondary N) is 1. The van der Waals surface area contributed by atoms with Crippen molar-refractivity contribution in [3.05, 3.63) is 82.4 Å². The molecule has 9 heteroatoms. The van der Waals surface area contributed by atoms with Gasteiger partial charge in [0.25, 0.3) is 0 Å². The van der Waals surface area contributed by atoms with E-state index >= 15 is 0 Å². The van der Waals surface area contributed by atoms with Gasteiger partial charge < -0.3 is 19.8 Å². The van der Waals surface area contributed by atoms with Crippen LogP contribution in [0.5, 0.6) is 0 Å². The average Bonchev–Trinajstić information content (AvgIpc) is 3.36. The van der Waals surface area contributed by atoms with Gasteiger partial charge in [-0.25, -0.2) is 4.98 Å². The van der Waals surface area contributed by atoms with Crippen LogP contribution < -0.4 is 4.72 Å². The fraction of sp³-hybridized carbons (Fsp3) is 0.357. The zero-order valence-corrected chi connectivity index (χ0v) is 25.9. The molecule has 0 bridgehead atoms. The van der Waals surface area contributed by atoms with Gasteiger partial charge in [-0.3, -0.25) is 9.52 Å². The molecule has 7 nitrogen and oxygen atoms in total. The minimum Gasteiger partial charge on any atom is -0.682 e. The van der Waals surface area contributed by atoms with Crippen LogP contribution in [0, 0.1) is 13.8 Å². The molecule has 1 atom stereocenters. The number of aromatic nitrogens is 3. The fourth-order valence-corrected chi connectivity index (χ4v) is 5.10. The van der Waals surface area contributed by atoms with E-state index in [0.29, 0.717) is 13.0 Å². The largest absolute Gasteiger partial charge is 0.682 e. The summed E-state index contributed by atoms with van der Waals surface area (Å²) in [7, 11) is 4.01. The van der Waals surface area contributed by atoms with Gasteiger partial charge in [0.15, 0.2) is 0 Å². The van der Waals surface area contributed by atoms with Crippen LogP contribution in [0.15, 0.2) is 59.9 Å². The molecule has 0 spiro atoms.